The SMILES string of the molecule is C[C@H]1C(S[C@@H]2CN[C@H](CNS(=O)O)C2)=C(C(=O)O)N2C(=O)[C@H]([C@@H](C)O)C12. The van der Waals surface area contributed by atoms with Gasteiger partial charge in [0, 0.05) is 35.2 Å². The molecule has 9 nitrogen and oxygen atoms in total. The molecule has 2 fully saturated rings. The summed E-state index contributed by atoms with van der Waals surface area (Å²) >= 11 is -0.605. The molecule has 26 heavy (non-hydrogen) atoms. The minimum absolute atomic E-state index is 0.0260. The topological polar surface area (TPSA) is 139 Å². The molecule has 0 aromatic rings. The normalized spacial score (nSPS) is 36.1. The average Bonchev–Trinajstić information content (AvgIpc) is 3.08. The van der Waals surface area contributed by atoms with Crippen molar-refractivity contribution in [3.05, 3.63) is 10.6 Å². The maximum atomic E-state index is 12.3. The van der Waals surface area contributed by atoms with Crippen molar-refractivity contribution in [1.29, 1.82) is 0 Å². The highest BCUT2D eigenvalue weighted by Gasteiger charge is 2.60. The number of β-lactam (4-membered cyclic amide) rings is 1. The first-order chi connectivity index (χ1) is 12.2. The Labute approximate surface area is 158 Å². The number of nitrogens with zero attached hydrogens (tertiary/aromatic N) is 1. The first-order valence-electron chi connectivity index (χ1n) is 8.45. The standard InChI is InChI=1S/C15H23N3O6S2/c1-6-11-10(7(2)19)14(20)18(11)12(15(21)22)13(6)25-9-3-8(16-5-9)4-17-26(23)24/h6-11,16-17,19H,3-5H2,1-2H3,(H,21,22)(H,23,24)/t6-,7-,8+,9+,10-,11?/m1/s1. The van der Waals surface area contributed by atoms with Gasteiger partial charge in [0.25, 0.3) is 0 Å². The van der Waals surface area contributed by atoms with Crippen LogP contribution in [0.4, 0.5) is 0 Å². The summed E-state index contributed by atoms with van der Waals surface area (Å²) in [7, 11) is 0. The molecule has 2 unspecified atom stereocenters. The molecular weight excluding hydrogens is 382 g/mol. The summed E-state index contributed by atoms with van der Waals surface area (Å²) in [6, 6.07) is -0.280. The Morgan fingerprint density at radius 2 is 2.23 bits per heavy atom. The Hall–Kier alpha value is -0.980. The molecule has 0 aromatic carbocycles. The fourth-order valence-electron chi connectivity index (χ4n) is 4.06. The molecular formula is C15H23N3O6S2. The van der Waals surface area contributed by atoms with Gasteiger partial charge in [0.15, 0.2) is 0 Å². The quantitative estimate of drug-likeness (QED) is 0.278. The van der Waals surface area contributed by atoms with Crippen molar-refractivity contribution >= 4 is 34.9 Å². The predicted octanol–water partition coefficient (Wildman–Crippen LogP) is -0.670. The Morgan fingerprint density at radius 1 is 1.54 bits per heavy atom. The molecule has 0 saturated carbocycles. The zero-order valence-corrected chi connectivity index (χ0v) is 16.0. The molecule has 3 heterocycles. The van der Waals surface area contributed by atoms with Crippen molar-refractivity contribution in [1.82, 2.24) is 14.9 Å². The molecule has 146 valence electrons. The van der Waals surface area contributed by atoms with Gasteiger partial charge in [-0.2, -0.15) is 0 Å². The van der Waals surface area contributed by atoms with Crippen LogP contribution >= 0.6 is 11.8 Å². The third-order valence-electron chi connectivity index (χ3n) is 5.24. The molecule has 2 saturated heterocycles. The third kappa shape index (κ3) is 3.43. The Bertz CT molecular complexity index is 670. The zero-order chi connectivity index (χ0) is 19.2. The summed E-state index contributed by atoms with van der Waals surface area (Å²) in [5.41, 5.74) is 0.0347. The summed E-state index contributed by atoms with van der Waals surface area (Å²) in [6.07, 6.45) is -0.0928. The van der Waals surface area contributed by atoms with E-state index >= 15 is 0 Å². The minimum atomic E-state index is -2.06. The first-order valence-corrected chi connectivity index (χ1v) is 10.4. The molecule has 0 radical (unpaired) electrons. The number of carbonyl (C=O) groups excluding carboxylic acids is 1. The number of carbonyl (C=O) groups is 2. The molecule has 0 aromatic heterocycles. The predicted molar refractivity (Wildman–Crippen MR) is 96.2 cm³/mol. The molecule has 5 N–H and O–H groups in total. The van der Waals surface area contributed by atoms with Gasteiger partial charge in [-0.3, -0.25) is 9.35 Å². The van der Waals surface area contributed by atoms with Crippen LogP contribution < -0.4 is 10.0 Å². The van der Waals surface area contributed by atoms with Gasteiger partial charge in [-0.25, -0.2) is 13.7 Å². The van der Waals surface area contributed by atoms with Crippen molar-refractivity contribution < 1.29 is 28.6 Å². The molecule has 3 aliphatic heterocycles. The second kappa shape index (κ2) is 7.56. The van der Waals surface area contributed by atoms with Crippen molar-refractivity contribution in [3.8, 4) is 0 Å². The van der Waals surface area contributed by atoms with E-state index in [0.29, 0.717) is 18.0 Å². The number of fused-ring (bicyclic) bond motifs is 1. The molecule has 0 aliphatic carbocycles. The number of aliphatic hydroxyl groups is 1. The maximum absolute atomic E-state index is 12.3. The molecule has 11 heteroatoms. The van der Waals surface area contributed by atoms with Gasteiger partial charge >= 0.3 is 5.97 Å². The summed E-state index contributed by atoms with van der Waals surface area (Å²) in [6.45, 7) is 4.45. The monoisotopic (exact) mass is 405 g/mol. The number of carboxylic acids is 1. The highest BCUT2D eigenvalue weighted by molar-refractivity contribution is 8.03. The van der Waals surface area contributed by atoms with Crippen LogP contribution in [-0.4, -0.2) is 72.3 Å². The van der Waals surface area contributed by atoms with Crippen molar-refractivity contribution in [2.45, 2.75) is 43.7 Å². The minimum Gasteiger partial charge on any atom is -0.477 e. The Morgan fingerprint density at radius 3 is 2.81 bits per heavy atom. The van der Waals surface area contributed by atoms with E-state index in [2.05, 4.69) is 10.0 Å². The van der Waals surface area contributed by atoms with Crippen LogP contribution in [0, 0.1) is 11.8 Å². The Kier molecular flexibility index (Phi) is 5.75. The van der Waals surface area contributed by atoms with Gasteiger partial charge in [-0.1, -0.05) is 6.92 Å². The number of hydrogen-bond acceptors (Lipinski definition) is 6. The van der Waals surface area contributed by atoms with Crippen LogP contribution in [0.15, 0.2) is 10.6 Å². The second-order valence-electron chi connectivity index (χ2n) is 6.95. The van der Waals surface area contributed by atoms with Crippen LogP contribution in [0.25, 0.3) is 0 Å². The van der Waals surface area contributed by atoms with E-state index < -0.39 is 29.3 Å². The highest BCUT2D eigenvalue weighted by Crippen LogP contribution is 2.51. The second-order valence-corrected chi connectivity index (χ2v) is 9.08. The van der Waals surface area contributed by atoms with Gasteiger partial charge in [0.05, 0.1) is 18.1 Å². The smallest absolute Gasteiger partial charge is 0.353 e. The summed E-state index contributed by atoms with van der Waals surface area (Å²) < 4.78 is 22.0. The first kappa shape index (κ1) is 19.8. The van der Waals surface area contributed by atoms with Crippen LogP contribution in [-0.2, 0) is 20.9 Å². The van der Waals surface area contributed by atoms with E-state index in [0.717, 1.165) is 6.42 Å². The molecule has 3 aliphatic rings. The third-order valence-corrected chi connectivity index (χ3v) is 7.16. The number of hydrogen-bond donors (Lipinski definition) is 5. The van der Waals surface area contributed by atoms with Crippen LogP contribution in [0.1, 0.15) is 20.3 Å². The molecule has 1 amide bonds. The summed E-state index contributed by atoms with van der Waals surface area (Å²) in [5.74, 6) is -2.16. The van der Waals surface area contributed by atoms with Crippen molar-refractivity contribution in [2.24, 2.45) is 11.8 Å². The number of nitrogens with one attached hydrogen (secondary N) is 2. The highest BCUT2D eigenvalue weighted by atomic mass is 32.2. The molecule has 0 bridgehead atoms. The van der Waals surface area contributed by atoms with E-state index in [1.165, 1.54) is 16.7 Å². The van der Waals surface area contributed by atoms with Crippen LogP contribution in [0.2, 0.25) is 0 Å². The zero-order valence-electron chi connectivity index (χ0n) is 14.4. The van der Waals surface area contributed by atoms with E-state index in [9.17, 15) is 24.0 Å². The van der Waals surface area contributed by atoms with E-state index in [1.807, 2.05) is 6.92 Å². The summed E-state index contributed by atoms with van der Waals surface area (Å²) in [5, 5.41) is 22.8. The van der Waals surface area contributed by atoms with E-state index in [1.54, 1.807) is 6.92 Å². The van der Waals surface area contributed by atoms with E-state index in [4.69, 9.17) is 4.55 Å². The van der Waals surface area contributed by atoms with Crippen molar-refractivity contribution in [3.63, 3.8) is 0 Å². The average molecular weight is 405 g/mol. The van der Waals surface area contributed by atoms with E-state index in [-0.39, 0.29) is 34.9 Å². The largest absolute Gasteiger partial charge is 0.477 e. The van der Waals surface area contributed by atoms with Gasteiger partial charge in [-0.05, 0) is 13.3 Å². The fourth-order valence-corrected chi connectivity index (χ4v) is 5.92. The number of thioether (sulfide) groups is 1. The number of carboxylic acid groups (broad SMARTS) is 1. The van der Waals surface area contributed by atoms with Crippen LogP contribution in [0.5, 0.6) is 0 Å². The van der Waals surface area contributed by atoms with Gasteiger partial charge in [0.1, 0.15) is 5.70 Å². The molecule has 3 rings (SSSR count). The summed E-state index contributed by atoms with van der Waals surface area (Å²) in [4.78, 5) is 26.1. The Balaban J connectivity index is 1.72. The van der Waals surface area contributed by atoms with Crippen LogP contribution in [0.3, 0.4) is 0 Å². The fraction of sp³-hybridized carbons (Fsp3) is 0.733. The lowest BCUT2D eigenvalue weighted by molar-refractivity contribution is -0.163. The number of amides is 1. The number of aliphatic carboxylic acids is 1. The lowest BCUT2D eigenvalue weighted by Gasteiger charge is -2.46. The maximum Gasteiger partial charge on any atom is 0.353 e. The lowest BCUT2D eigenvalue weighted by Crippen LogP contribution is -2.63. The molecule has 0 spiro atoms. The number of rotatable bonds is 7. The van der Waals surface area contributed by atoms with Gasteiger partial charge < -0.3 is 20.4 Å². The van der Waals surface area contributed by atoms with Gasteiger partial charge in [-0.15, -0.1) is 11.8 Å². The lowest BCUT2D eigenvalue weighted by atomic mass is 9.79. The molecule has 7 atom stereocenters. The number of aliphatic hydroxyl groups excluding tert-OH is 1. The van der Waals surface area contributed by atoms with Crippen molar-refractivity contribution in [2.75, 3.05) is 13.1 Å². The van der Waals surface area contributed by atoms with Gasteiger partial charge in [0.2, 0.25) is 17.2 Å².